The van der Waals surface area contributed by atoms with Crippen LogP contribution in [0.1, 0.15) is 5.69 Å². The number of anilines is 1. The number of halogens is 1. The van der Waals surface area contributed by atoms with E-state index in [1.807, 2.05) is 11.0 Å². The maximum Gasteiger partial charge on any atom is 0.313 e. The van der Waals surface area contributed by atoms with Crippen LogP contribution >= 0.6 is 0 Å². The van der Waals surface area contributed by atoms with E-state index in [0.29, 0.717) is 25.3 Å². The fraction of sp³-hybridized carbons (Fsp3) is 0.400. The van der Waals surface area contributed by atoms with Crippen molar-refractivity contribution in [2.45, 2.75) is 6.54 Å². The van der Waals surface area contributed by atoms with Gasteiger partial charge in [-0.15, -0.1) is 0 Å². The number of benzene rings is 1. The lowest BCUT2D eigenvalue weighted by Gasteiger charge is -2.35. The van der Waals surface area contributed by atoms with E-state index >= 15 is 0 Å². The number of nitro benzene ring substituents is 1. The molecule has 0 spiro atoms. The normalized spacial score (nSPS) is 15.5. The Bertz CT molecular complexity index is 715. The van der Waals surface area contributed by atoms with Crippen LogP contribution in [0.15, 0.2) is 29.0 Å². The first-order valence-corrected chi connectivity index (χ1v) is 7.47. The lowest BCUT2D eigenvalue weighted by Crippen LogP contribution is -2.46. The quantitative estimate of drug-likeness (QED) is 0.610. The molecule has 1 fully saturated rings. The summed E-state index contributed by atoms with van der Waals surface area (Å²) in [6.07, 6.45) is 1.53. The van der Waals surface area contributed by atoms with Gasteiger partial charge in [-0.1, -0.05) is 5.16 Å². The van der Waals surface area contributed by atoms with Gasteiger partial charge >= 0.3 is 5.69 Å². The van der Waals surface area contributed by atoms with Crippen molar-refractivity contribution in [2.24, 2.45) is 0 Å². The molecule has 8 nitrogen and oxygen atoms in total. The van der Waals surface area contributed by atoms with Gasteiger partial charge in [-0.2, -0.15) is 0 Å². The van der Waals surface area contributed by atoms with Crippen LogP contribution in [0.4, 0.5) is 15.8 Å². The summed E-state index contributed by atoms with van der Waals surface area (Å²) >= 11 is 0. The van der Waals surface area contributed by atoms with Crippen molar-refractivity contribution in [2.75, 3.05) is 38.2 Å². The van der Waals surface area contributed by atoms with Crippen molar-refractivity contribution in [3.05, 3.63) is 46.1 Å². The molecule has 0 unspecified atom stereocenters. The highest BCUT2D eigenvalue weighted by Gasteiger charge is 2.25. The summed E-state index contributed by atoms with van der Waals surface area (Å²) in [5, 5.41) is 14.8. The predicted molar refractivity (Wildman–Crippen MR) is 83.6 cm³/mol. The zero-order chi connectivity index (χ0) is 17.1. The van der Waals surface area contributed by atoms with Gasteiger partial charge < -0.3 is 14.2 Å². The molecule has 0 saturated carbocycles. The molecule has 0 bridgehead atoms. The van der Waals surface area contributed by atoms with E-state index in [4.69, 9.17) is 9.26 Å². The SMILES string of the molecule is COc1cc(N2CCN(Cc3ccon3)CC2)c(F)cc1[N+](=O)[O-]. The first kappa shape index (κ1) is 16.2. The highest BCUT2D eigenvalue weighted by Crippen LogP contribution is 2.34. The van der Waals surface area contributed by atoms with Crippen LogP contribution < -0.4 is 9.64 Å². The number of hydrogen-bond acceptors (Lipinski definition) is 7. The Labute approximate surface area is 137 Å². The van der Waals surface area contributed by atoms with Crippen LogP contribution in [0.2, 0.25) is 0 Å². The second kappa shape index (κ2) is 6.83. The molecule has 2 aromatic rings. The molecular formula is C15H17FN4O4. The molecule has 1 aliphatic heterocycles. The maximum atomic E-state index is 14.3. The van der Waals surface area contributed by atoms with E-state index in [1.165, 1.54) is 19.4 Å². The minimum absolute atomic E-state index is 0.0569. The molecule has 128 valence electrons. The molecule has 3 rings (SSSR count). The number of hydrogen-bond donors (Lipinski definition) is 0. The first-order chi connectivity index (χ1) is 11.6. The Kier molecular flexibility index (Phi) is 4.61. The third kappa shape index (κ3) is 3.30. The monoisotopic (exact) mass is 336 g/mol. The van der Waals surface area contributed by atoms with Gasteiger partial charge in [0.25, 0.3) is 0 Å². The van der Waals surface area contributed by atoms with Gasteiger partial charge in [0.05, 0.1) is 29.5 Å². The summed E-state index contributed by atoms with van der Waals surface area (Å²) in [6.45, 7) is 3.35. The van der Waals surface area contributed by atoms with Crippen LogP contribution in [-0.2, 0) is 6.54 Å². The number of aromatic nitrogens is 1. The lowest BCUT2D eigenvalue weighted by atomic mass is 10.2. The molecule has 0 radical (unpaired) electrons. The molecular weight excluding hydrogens is 319 g/mol. The fourth-order valence-corrected chi connectivity index (χ4v) is 2.78. The summed E-state index contributed by atoms with van der Waals surface area (Å²) in [5.41, 5.74) is 0.800. The largest absolute Gasteiger partial charge is 0.490 e. The molecule has 0 aliphatic carbocycles. The van der Waals surface area contributed by atoms with E-state index in [0.717, 1.165) is 24.8 Å². The van der Waals surface area contributed by atoms with Crippen molar-refractivity contribution in [3.63, 3.8) is 0 Å². The topological polar surface area (TPSA) is 84.9 Å². The summed E-state index contributed by atoms with van der Waals surface area (Å²) in [4.78, 5) is 14.3. The number of nitrogens with zero attached hydrogens (tertiary/aromatic N) is 4. The molecule has 1 aromatic heterocycles. The van der Waals surface area contributed by atoms with Crippen LogP contribution in [0, 0.1) is 15.9 Å². The maximum absolute atomic E-state index is 14.3. The van der Waals surface area contributed by atoms with Gasteiger partial charge in [-0.05, 0) is 0 Å². The third-order valence-corrected chi connectivity index (χ3v) is 4.03. The average Bonchev–Trinajstić information content (AvgIpc) is 3.08. The molecule has 1 aromatic carbocycles. The Balaban J connectivity index is 1.71. The fourth-order valence-electron chi connectivity index (χ4n) is 2.78. The molecule has 0 N–H and O–H groups in total. The van der Waals surface area contributed by atoms with E-state index in [-0.39, 0.29) is 11.4 Å². The van der Waals surface area contributed by atoms with Crippen molar-refractivity contribution in [1.29, 1.82) is 0 Å². The highest BCUT2D eigenvalue weighted by molar-refractivity contribution is 5.60. The Morgan fingerprint density at radius 3 is 2.71 bits per heavy atom. The Morgan fingerprint density at radius 2 is 2.12 bits per heavy atom. The zero-order valence-corrected chi connectivity index (χ0v) is 13.1. The van der Waals surface area contributed by atoms with Crippen molar-refractivity contribution in [3.8, 4) is 5.75 Å². The summed E-state index contributed by atoms with van der Waals surface area (Å²) in [7, 11) is 1.33. The van der Waals surface area contributed by atoms with Crippen LogP contribution in [0.3, 0.4) is 0 Å². The third-order valence-electron chi connectivity index (χ3n) is 4.03. The van der Waals surface area contributed by atoms with Crippen molar-refractivity contribution in [1.82, 2.24) is 10.1 Å². The van der Waals surface area contributed by atoms with Gasteiger partial charge in [-0.3, -0.25) is 15.0 Å². The average molecular weight is 336 g/mol. The van der Waals surface area contributed by atoms with Crippen LogP contribution in [-0.4, -0.2) is 48.3 Å². The summed E-state index contributed by atoms with van der Waals surface area (Å²) < 4.78 is 24.1. The van der Waals surface area contributed by atoms with Crippen molar-refractivity contribution >= 4 is 11.4 Å². The van der Waals surface area contributed by atoms with Gasteiger partial charge in [0.1, 0.15) is 6.26 Å². The molecule has 9 heteroatoms. The molecule has 1 aliphatic rings. The second-order valence-corrected chi connectivity index (χ2v) is 5.49. The lowest BCUT2D eigenvalue weighted by molar-refractivity contribution is -0.385. The highest BCUT2D eigenvalue weighted by atomic mass is 19.1. The number of rotatable bonds is 5. The van der Waals surface area contributed by atoms with E-state index in [9.17, 15) is 14.5 Å². The number of methoxy groups -OCH3 is 1. The van der Waals surface area contributed by atoms with Gasteiger partial charge in [-0.25, -0.2) is 4.39 Å². The smallest absolute Gasteiger partial charge is 0.313 e. The van der Waals surface area contributed by atoms with Gasteiger partial charge in [0, 0.05) is 44.9 Å². The van der Waals surface area contributed by atoms with E-state index in [1.54, 1.807) is 0 Å². The van der Waals surface area contributed by atoms with E-state index < -0.39 is 10.7 Å². The summed E-state index contributed by atoms with van der Waals surface area (Å²) in [5.74, 6) is -0.561. The molecule has 2 heterocycles. The van der Waals surface area contributed by atoms with Gasteiger partial charge in [0.15, 0.2) is 11.6 Å². The minimum Gasteiger partial charge on any atom is -0.490 e. The first-order valence-electron chi connectivity index (χ1n) is 7.47. The second-order valence-electron chi connectivity index (χ2n) is 5.49. The molecule has 0 amide bonds. The number of nitro groups is 1. The summed E-state index contributed by atoms with van der Waals surface area (Å²) in [6, 6.07) is 4.12. The number of ether oxygens (including phenoxy) is 1. The predicted octanol–water partition coefficient (Wildman–Crippen LogP) is 2.05. The minimum atomic E-state index is -0.651. The standard InChI is InChI=1S/C15H17FN4O4/c1-23-15-9-13(12(16)8-14(15)20(21)22)19-5-3-18(4-6-19)10-11-2-7-24-17-11/h2,7-9H,3-6,10H2,1H3. The zero-order valence-electron chi connectivity index (χ0n) is 13.1. The van der Waals surface area contributed by atoms with Crippen molar-refractivity contribution < 1.29 is 18.6 Å². The van der Waals surface area contributed by atoms with E-state index in [2.05, 4.69) is 10.1 Å². The van der Waals surface area contributed by atoms with Gasteiger partial charge in [0.2, 0.25) is 0 Å². The Hall–Kier alpha value is -2.68. The molecule has 1 saturated heterocycles. The molecule has 0 atom stereocenters. The Morgan fingerprint density at radius 1 is 1.38 bits per heavy atom. The van der Waals surface area contributed by atoms with Crippen LogP contribution in [0.5, 0.6) is 5.75 Å². The molecule has 24 heavy (non-hydrogen) atoms. The van der Waals surface area contributed by atoms with Crippen LogP contribution in [0.25, 0.3) is 0 Å². The number of piperazine rings is 1.